The van der Waals surface area contributed by atoms with Crippen LogP contribution in [0.1, 0.15) is 47.8 Å². The molecule has 32 heavy (non-hydrogen) atoms. The topological polar surface area (TPSA) is 106 Å². The fraction of sp³-hybridized carbons (Fsp3) is 0.773. The molecule has 4 atom stereocenters. The Morgan fingerprint density at radius 3 is 2.12 bits per heavy atom. The number of nitriles is 1. The molecule has 1 N–H and O–H groups in total. The normalized spacial score (nSPS) is 25.0. The zero-order valence-electron chi connectivity index (χ0n) is 21.1. The van der Waals surface area contributed by atoms with E-state index in [1.807, 2.05) is 0 Å². The molecule has 0 aromatic carbocycles. The highest BCUT2D eigenvalue weighted by Crippen LogP contribution is 2.44. The molecule has 1 aromatic heterocycles. The minimum Gasteiger partial charge on any atom is -0.414 e. The molecule has 2 rings (SSSR count). The number of aromatic nitrogens is 2. The number of ether oxygens (including phenoxy) is 1. The third-order valence-electron chi connectivity index (χ3n) is 7.28. The highest BCUT2D eigenvalue weighted by Gasteiger charge is 2.52. The van der Waals surface area contributed by atoms with Crippen LogP contribution < -0.4 is 11.2 Å². The number of nitrogens with zero attached hydrogens (tertiary/aromatic N) is 2. The van der Waals surface area contributed by atoms with E-state index in [4.69, 9.17) is 13.6 Å². The van der Waals surface area contributed by atoms with E-state index >= 15 is 0 Å². The fourth-order valence-corrected chi connectivity index (χ4v) is 5.35. The summed E-state index contributed by atoms with van der Waals surface area (Å²) in [5, 5.41) is 10.0. The average Bonchev–Trinajstić information content (AvgIpc) is 2.94. The molecular weight excluding hydrogens is 442 g/mol. The number of hydrogen-bond donors (Lipinski definition) is 1. The maximum Gasteiger partial charge on any atom is 0.330 e. The van der Waals surface area contributed by atoms with Crippen LogP contribution in [0.5, 0.6) is 0 Å². The van der Waals surface area contributed by atoms with Gasteiger partial charge in [-0.25, -0.2) is 4.79 Å². The van der Waals surface area contributed by atoms with Crippen LogP contribution in [0.2, 0.25) is 36.3 Å². The summed E-state index contributed by atoms with van der Waals surface area (Å²) in [4.78, 5) is 26.4. The lowest BCUT2D eigenvalue weighted by Gasteiger charge is -2.40. The summed E-state index contributed by atoms with van der Waals surface area (Å²) >= 11 is 0. The van der Waals surface area contributed by atoms with Crippen molar-refractivity contribution in [1.29, 1.82) is 5.26 Å². The molecule has 0 radical (unpaired) electrons. The van der Waals surface area contributed by atoms with Crippen molar-refractivity contribution in [2.24, 2.45) is 5.92 Å². The molecule has 0 aliphatic carbocycles. The van der Waals surface area contributed by atoms with Crippen LogP contribution in [0.3, 0.4) is 0 Å². The number of nitrogens with one attached hydrogen (secondary N) is 1. The van der Waals surface area contributed by atoms with Gasteiger partial charge in [0.2, 0.25) is 0 Å². The molecular formula is C22H39N3O5Si2. The van der Waals surface area contributed by atoms with E-state index < -0.39 is 52.2 Å². The third kappa shape index (κ3) is 5.51. The molecule has 1 saturated heterocycles. The summed E-state index contributed by atoms with van der Waals surface area (Å²) < 4.78 is 20.6. The van der Waals surface area contributed by atoms with Crippen LogP contribution in [-0.2, 0) is 13.6 Å². The summed E-state index contributed by atoms with van der Waals surface area (Å²) in [6, 6.07) is 3.64. The standard InChI is InChI=1S/C22H39N3O5Si2/c1-21(2,3)31(7,8)28-14-16-15(13-23)18(30-32(9,10)22(4,5)6)19(29-16)25-12-11-17(26)24-20(25)27/h11-12,15-16,18-19H,14H2,1-10H3,(H,24,26,27)/t15-,16+,18+,19+/m0/s1. The minimum atomic E-state index is -2.30. The zero-order chi connectivity index (χ0) is 24.7. The van der Waals surface area contributed by atoms with Gasteiger partial charge < -0.3 is 13.6 Å². The van der Waals surface area contributed by atoms with Gasteiger partial charge in [-0.05, 0) is 36.3 Å². The predicted octanol–water partition coefficient (Wildman–Crippen LogP) is 3.99. The minimum absolute atomic E-state index is 0.0139. The lowest BCUT2D eigenvalue weighted by molar-refractivity contribution is -0.0491. The number of H-pyrrole nitrogens is 1. The van der Waals surface area contributed by atoms with Crippen molar-refractivity contribution in [2.75, 3.05) is 6.61 Å². The van der Waals surface area contributed by atoms with Crippen molar-refractivity contribution in [1.82, 2.24) is 9.55 Å². The number of aromatic amines is 1. The monoisotopic (exact) mass is 481 g/mol. The molecule has 10 heteroatoms. The molecule has 1 fully saturated rings. The Morgan fingerprint density at radius 1 is 1.09 bits per heavy atom. The Kier molecular flexibility index (Phi) is 7.54. The average molecular weight is 482 g/mol. The summed E-state index contributed by atoms with van der Waals surface area (Å²) in [7, 11) is -4.37. The molecule has 180 valence electrons. The van der Waals surface area contributed by atoms with E-state index in [1.54, 1.807) is 0 Å². The largest absolute Gasteiger partial charge is 0.414 e. The van der Waals surface area contributed by atoms with E-state index in [9.17, 15) is 14.9 Å². The zero-order valence-corrected chi connectivity index (χ0v) is 23.1. The first kappa shape index (κ1) is 26.7. The Hall–Kier alpha value is -1.52. The summed E-state index contributed by atoms with van der Waals surface area (Å²) in [6.45, 7) is 21.6. The SMILES string of the molecule is CC(C)(C)[Si](C)(C)OC[C@H]1O[C@@H](n2ccc(=O)[nH]c2=O)[C@H](O[Si](C)(C)C(C)(C)C)[C@H]1C#N. The molecule has 0 saturated carbocycles. The number of hydrogen-bond acceptors (Lipinski definition) is 6. The van der Waals surface area contributed by atoms with Gasteiger partial charge in [0, 0.05) is 12.3 Å². The van der Waals surface area contributed by atoms with Gasteiger partial charge in [-0.15, -0.1) is 0 Å². The van der Waals surface area contributed by atoms with Gasteiger partial charge in [-0.1, -0.05) is 41.5 Å². The first-order chi connectivity index (χ1) is 14.4. The fourth-order valence-electron chi connectivity index (χ4n) is 3.04. The lowest BCUT2D eigenvalue weighted by Crippen LogP contribution is -2.48. The predicted molar refractivity (Wildman–Crippen MR) is 130 cm³/mol. The Bertz CT molecular complexity index is 966. The van der Waals surface area contributed by atoms with Crippen molar-refractivity contribution in [3.05, 3.63) is 33.1 Å². The lowest BCUT2D eigenvalue weighted by atomic mass is 10.0. The molecule has 2 heterocycles. The molecule has 1 aromatic rings. The Labute approximate surface area is 193 Å². The van der Waals surface area contributed by atoms with Gasteiger partial charge in [0.15, 0.2) is 22.9 Å². The van der Waals surface area contributed by atoms with Crippen molar-refractivity contribution < 1.29 is 13.6 Å². The van der Waals surface area contributed by atoms with Crippen LogP contribution in [0.4, 0.5) is 0 Å². The highest BCUT2D eigenvalue weighted by molar-refractivity contribution is 6.74. The van der Waals surface area contributed by atoms with Crippen LogP contribution in [-0.4, -0.2) is 45.0 Å². The molecule has 0 amide bonds. The highest BCUT2D eigenvalue weighted by atomic mass is 28.4. The first-order valence-corrected chi connectivity index (χ1v) is 16.9. The van der Waals surface area contributed by atoms with E-state index in [0.29, 0.717) is 0 Å². The van der Waals surface area contributed by atoms with Crippen molar-refractivity contribution in [3.8, 4) is 6.07 Å². The summed E-state index contributed by atoms with van der Waals surface area (Å²) in [5.74, 6) is -0.613. The molecule has 0 unspecified atom stereocenters. The summed E-state index contributed by atoms with van der Waals surface area (Å²) in [6.07, 6.45) is -0.629. The van der Waals surface area contributed by atoms with Gasteiger partial charge in [0.25, 0.3) is 5.56 Å². The van der Waals surface area contributed by atoms with Gasteiger partial charge in [0.05, 0.1) is 12.7 Å². The van der Waals surface area contributed by atoms with Crippen LogP contribution in [0, 0.1) is 17.2 Å². The van der Waals surface area contributed by atoms with Crippen LogP contribution >= 0.6 is 0 Å². The van der Waals surface area contributed by atoms with Crippen molar-refractivity contribution >= 4 is 16.6 Å². The second kappa shape index (κ2) is 9.02. The van der Waals surface area contributed by atoms with Gasteiger partial charge in [-0.2, -0.15) is 5.26 Å². The molecule has 0 spiro atoms. The quantitative estimate of drug-likeness (QED) is 0.616. The van der Waals surface area contributed by atoms with E-state index in [2.05, 4.69) is 78.8 Å². The summed E-state index contributed by atoms with van der Waals surface area (Å²) in [5.41, 5.74) is -1.07. The molecule has 8 nitrogen and oxygen atoms in total. The van der Waals surface area contributed by atoms with Gasteiger partial charge in [0.1, 0.15) is 18.1 Å². The van der Waals surface area contributed by atoms with Crippen LogP contribution in [0.25, 0.3) is 0 Å². The Morgan fingerprint density at radius 2 is 1.66 bits per heavy atom. The van der Waals surface area contributed by atoms with Gasteiger partial charge >= 0.3 is 5.69 Å². The second-order valence-corrected chi connectivity index (χ2v) is 21.2. The molecule has 1 aliphatic heterocycles. The first-order valence-electron chi connectivity index (χ1n) is 11.1. The second-order valence-electron chi connectivity index (χ2n) is 11.7. The molecule has 1 aliphatic rings. The molecule has 0 bridgehead atoms. The third-order valence-corrected chi connectivity index (χ3v) is 16.3. The number of rotatable bonds is 6. The van der Waals surface area contributed by atoms with E-state index in [-0.39, 0.29) is 16.7 Å². The van der Waals surface area contributed by atoms with Crippen molar-refractivity contribution in [3.63, 3.8) is 0 Å². The maximum atomic E-state index is 12.6. The Balaban J connectivity index is 2.44. The smallest absolute Gasteiger partial charge is 0.330 e. The van der Waals surface area contributed by atoms with E-state index in [1.165, 1.54) is 16.8 Å². The van der Waals surface area contributed by atoms with Crippen LogP contribution in [0.15, 0.2) is 21.9 Å². The van der Waals surface area contributed by atoms with E-state index in [0.717, 1.165) is 0 Å². The maximum absolute atomic E-state index is 12.6. The van der Waals surface area contributed by atoms with Crippen molar-refractivity contribution in [2.45, 2.75) is 96.2 Å². The van der Waals surface area contributed by atoms with Gasteiger partial charge in [-0.3, -0.25) is 14.3 Å².